The number of likely N-dealkylation sites (tertiary alicyclic amines) is 1. The van der Waals surface area contributed by atoms with Crippen molar-refractivity contribution in [1.29, 1.82) is 0 Å². The fourth-order valence-corrected chi connectivity index (χ4v) is 5.25. The molecule has 0 spiro atoms. The van der Waals surface area contributed by atoms with Crippen molar-refractivity contribution in [1.82, 2.24) is 29.0 Å². The maximum atomic E-state index is 13.0. The molecule has 4 heterocycles. The molecule has 1 aliphatic heterocycles. The molecule has 1 N–H and O–H groups in total. The number of aromatic nitrogens is 5. The Morgan fingerprint density at radius 2 is 1.97 bits per heavy atom. The molecule has 1 atom stereocenters. The van der Waals surface area contributed by atoms with Crippen molar-refractivity contribution in [3.63, 3.8) is 0 Å². The van der Waals surface area contributed by atoms with Crippen LogP contribution in [0, 0.1) is 19.3 Å². The summed E-state index contributed by atoms with van der Waals surface area (Å²) in [5.74, 6) is 0. The summed E-state index contributed by atoms with van der Waals surface area (Å²) in [7, 11) is 0. The molecule has 0 radical (unpaired) electrons. The topological polar surface area (TPSA) is 71.2 Å². The SMILES string of the molecule is Cc1cc2c(cc1-c1cc(C)c3ncnn3c1)[nH]c(=O)n2[C@@H]1CCCN(CC(C)(C)C)C1. The van der Waals surface area contributed by atoms with Gasteiger partial charge in [-0.15, -0.1) is 0 Å². The molecule has 5 rings (SSSR count). The molecular weight excluding hydrogens is 400 g/mol. The van der Waals surface area contributed by atoms with Crippen LogP contribution in [0.2, 0.25) is 0 Å². The first-order valence-electron chi connectivity index (χ1n) is 11.5. The molecule has 4 aromatic rings. The van der Waals surface area contributed by atoms with E-state index in [0.29, 0.717) is 0 Å². The van der Waals surface area contributed by atoms with Gasteiger partial charge in [0, 0.05) is 24.8 Å². The zero-order valence-electron chi connectivity index (χ0n) is 19.6. The molecule has 32 heavy (non-hydrogen) atoms. The molecular formula is C25H32N6O. The minimum absolute atomic E-state index is 0.0120. The standard InChI is InChI=1S/C25H32N6O/c1-16-10-22-21(11-20(16)18-9-17(2)23-26-15-27-30(23)12-18)28-24(32)31(22)19-7-6-8-29(13-19)14-25(3,4)5/h9-12,15,19H,6-8,13-14H2,1-5H3,(H,28,32)/t19-/m1/s1. The lowest BCUT2D eigenvalue weighted by Gasteiger charge is -2.37. The van der Waals surface area contributed by atoms with Crippen molar-refractivity contribution in [2.45, 2.75) is 53.5 Å². The van der Waals surface area contributed by atoms with Gasteiger partial charge in [0.2, 0.25) is 0 Å². The van der Waals surface area contributed by atoms with Crippen LogP contribution in [-0.4, -0.2) is 48.7 Å². The molecule has 7 nitrogen and oxygen atoms in total. The lowest BCUT2D eigenvalue weighted by atomic mass is 9.94. The smallest absolute Gasteiger partial charge is 0.306 e. The monoisotopic (exact) mass is 432 g/mol. The molecule has 1 aliphatic rings. The highest BCUT2D eigenvalue weighted by molar-refractivity contribution is 5.84. The van der Waals surface area contributed by atoms with Gasteiger partial charge < -0.3 is 9.88 Å². The largest absolute Gasteiger partial charge is 0.326 e. The van der Waals surface area contributed by atoms with Crippen LogP contribution < -0.4 is 5.69 Å². The van der Waals surface area contributed by atoms with E-state index >= 15 is 0 Å². The lowest BCUT2D eigenvalue weighted by Crippen LogP contribution is -2.42. The Hall–Kier alpha value is -2.93. The van der Waals surface area contributed by atoms with Gasteiger partial charge >= 0.3 is 5.69 Å². The number of aromatic amines is 1. The third-order valence-electron chi connectivity index (χ3n) is 6.48. The van der Waals surface area contributed by atoms with Crippen molar-refractivity contribution in [3.8, 4) is 11.1 Å². The van der Waals surface area contributed by atoms with Crippen LogP contribution in [0.15, 0.2) is 35.5 Å². The number of hydrogen-bond donors (Lipinski definition) is 1. The molecule has 0 bridgehead atoms. The highest BCUT2D eigenvalue weighted by Gasteiger charge is 2.27. The van der Waals surface area contributed by atoms with Crippen molar-refractivity contribution in [2.24, 2.45) is 5.41 Å². The fourth-order valence-electron chi connectivity index (χ4n) is 5.25. The first-order valence-corrected chi connectivity index (χ1v) is 11.5. The molecule has 0 amide bonds. The Kier molecular flexibility index (Phi) is 4.97. The molecule has 1 fully saturated rings. The number of hydrogen-bond acceptors (Lipinski definition) is 4. The highest BCUT2D eigenvalue weighted by atomic mass is 16.1. The number of nitrogens with zero attached hydrogens (tertiary/aromatic N) is 5. The average Bonchev–Trinajstić information content (AvgIpc) is 3.30. The minimum Gasteiger partial charge on any atom is -0.306 e. The van der Waals surface area contributed by atoms with Crippen LogP contribution in [0.3, 0.4) is 0 Å². The Labute approximate surface area is 188 Å². The van der Waals surface area contributed by atoms with E-state index in [1.807, 2.05) is 22.2 Å². The summed E-state index contributed by atoms with van der Waals surface area (Å²) in [4.78, 5) is 23.0. The molecule has 0 aliphatic carbocycles. The van der Waals surface area contributed by atoms with E-state index < -0.39 is 0 Å². The van der Waals surface area contributed by atoms with Crippen LogP contribution in [0.5, 0.6) is 0 Å². The predicted molar refractivity (Wildman–Crippen MR) is 128 cm³/mol. The molecule has 1 aromatic carbocycles. The van der Waals surface area contributed by atoms with Gasteiger partial charge in [0.1, 0.15) is 6.33 Å². The molecule has 7 heteroatoms. The Morgan fingerprint density at radius 3 is 2.75 bits per heavy atom. The highest BCUT2D eigenvalue weighted by Crippen LogP contribution is 2.31. The number of H-pyrrole nitrogens is 1. The zero-order chi connectivity index (χ0) is 22.6. The Morgan fingerprint density at radius 1 is 1.16 bits per heavy atom. The van der Waals surface area contributed by atoms with Crippen molar-refractivity contribution >= 4 is 16.7 Å². The molecule has 168 valence electrons. The number of piperidine rings is 1. The first-order chi connectivity index (χ1) is 15.2. The number of aryl methyl sites for hydroxylation is 2. The second-order valence-electron chi connectivity index (χ2n) is 10.5. The summed E-state index contributed by atoms with van der Waals surface area (Å²) in [6.07, 6.45) is 5.74. The van der Waals surface area contributed by atoms with Gasteiger partial charge in [0.25, 0.3) is 0 Å². The molecule has 1 saturated heterocycles. The van der Waals surface area contributed by atoms with Gasteiger partial charge in [-0.3, -0.25) is 4.57 Å². The van der Waals surface area contributed by atoms with Gasteiger partial charge in [0.05, 0.1) is 17.1 Å². The number of imidazole rings is 1. The van der Waals surface area contributed by atoms with Gasteiger partial charge in [-0.25, -0.2) is 14.3 Å². The van der Waals surface area contributed by atoms with Crippen LogP contribution in [0.1, 0.15) is 50.8 Å². The number of pyridine rings is 1. The summed E-state index contributed by atoms with van der Waals surface area (Å²) < 4.78 is 3.81. The first kappa shape index (κ1) is 20.9. The minimum atomic E-state index is -0.0120. The maximum absolute atomic E-state index is 13.0. The molecule has 0 saturated carbocycles. The Bertz CT molecular complexity index is 1350. The molecule has 3 aromatic heterocycles. The average molecular weight is 433 g/mol. The number of rotatable bonds is 3. The van der Waals surface area contributed by atoms with Crippen LogP contribution in [-0.2, 0) is 0 Å². The quantitative estimate of drug-likeness (QED) is 0.523. The van der Waals surface area contributed by atoms with E-state index in [1.54, 1.807) is 6.33 Å². The number of benzene rings is 1. The Balaban J connectivity index is 1.55. The zero-order valence-corrected chi connectivity index (χ0v) is 19.6. The van der Waals surface area contributed by atoms with Gasteiger partial charge in [-0.2, -0.15) is 5.10 Å². The second kappa shape index (κ2) is 7.59. The summed E-state index contributed by atoms with van der Waals surface area (Å²) in [5.41, 5.74) is 7.38. The van der Waals surface area contributed by atoms with Crippen molar-refractivity contribution < 1.29 is 0 Å². The normalized spacial score (nSPS) is 18.1. The number of fused-ring (bicyclic) bond motifs is 2. The third-order valence-corrected chi connectivity index (χ3v) is 6.48. The van der Waals surface area contributed by atoms with Crippen LogP contribution >= 0.6 is 0 Å². The summed E-state index contributed by atoms with van der Waals surface area (Å²) in [6, 6.07) is 6.60. The summed E-state index contributed by atoms with van der Waals surface area (Å²) in [6.45, 7) is 14.1. The summed E-state index contributed by atoms with van der Waals surface area (Å²) in [5, 5.41) is 4.31. The van der Waals surface area contributed by atoms with E-state index in [-0.39, 0.29) is 17.1 Å². The van der Waals surface area contributed by atoms with Crippen molar-refractivity contribution in [3.05, 3.63) is 52.3 Å². The van der Waals surface area contributed by atoms with E-state index in [4.69, 9.17) is 0 Å². The lowest BCUT2D eigenvalue weighted by molar-refractivity contribution is 0.131. The van der Waals surface area contributed by atoms with E-state index in [9.17, 15) is 4.79 Å². The van der Waals surface area contributed by atoms with E-state index in [1.165, 1.54) is 0 Å². The maximum Gasteiger partial charge on any atom is 0.326 e. The van der Waals surface area contributed by atoms with Crippen LogP contribution in [0.25, 0.3) is 27.8 Å². The third kappa shape index (κ3) is 3.75. The molecule has 0 unspecified atom stereocenters. The second-order valence-corrected chi connectivity index (χ2v) is 10.5. The van der Waals surface area contributed by atoms with E-state index in [2.05, 4.69) is 65.9 Å². The van der Waals surface area contributed by atoms with E-state index in [0.717, 1.165) is 71.4 Å². The number of nitrogens with one attached hydrogen (secondary N) is 1. The van der Waals surface area contributed by atoms with Crippen molar-refractivity contribution in [2.75, 3.05) is 19.6 Å². The van der Waals surface area contributed by atoms with Gasteiger partial charge in [0.15, 0.2) is 5.65 Å². The fraction of sp³-hybridized carbons (Fsp3) is 0.480. The van der Waals surface area contributed by atoms with Crippen LogP contribution in [0.4, 0.5) is 0 Å². The summed E-state index contributed by atoms with van der Waals surface area (Å²) >= 11 is 0. The van der Waals surface area contributed by atoms with Gasteiger partial charge in [-0.05, 0) is 73.5 Å². The van der Waals surface area contributed by atoms with Gasteiger partial charge in [-0.1, -0.05) is 20.8 Å². The predicted octanol–water partition coefficient (Wildman–Crippen LogP) is 4.34.